The van der Waals surface area contributed by atoms with Gasteiger partial charge in [-0.3, -0.25) is 9.69 Å². The van der Waals surface area contributed by atoms with E-state index >= 15 is 0 Å². The van der Waals surface area contributed by atoms with Crippen molar-refractivity contribution in [1.82, 2.24) is 25.2 Å². The summed E-state index contributed by atoms with van der Waals surface area (Å²) in [5, 5.41) is 11.6. The first-order valence-electron chi connectivity index (χ1n) is 13.5. The number of carbonyl (C=O) groups excluding carboxylic acids is 1. The van der Waals surface area contributed by atoms with Crippen LogP contribution in [0, 0.1) is 0 Å². The van der Waals surface area contributed by atoms with Crippen LogP contribution in [0.2, 0.25) is 0 Å². The molecule has 4 rings (SSSR count). The molecule has 0 radical (unpaired) electrons. The number of aromatic nitrogens is 3. The van der Waals surface area contributed by atoms with Gasteiger partial charge in [0.25, 0.3) is 5.91 Å². The Bertz CT molecular complexity index is 1110. The molecule has 1 aliphatic rings. The minimum Gasteiger partial charge on any atom is -0.495 e. The van der Waals surface area contributed by atoms with Gasteiger partial charge in [0.2, 0.25) is 0 Å². The summed E-state index contributed by atoms with van der Waals surface area (Å²) in [6, 6.07) is 18.4. The van der Waals surface area contributed by atoms with Gasteiger partial charge >= 0.3 is 0 Å². The minimum absolute atomic E-state index is 0.116. The Labute approximate surface area is 220 Å². The van der Waals surface area contributed by atoms with Crippen molar-refractivity contribution in [2.24, 2.45) is 0 Å². The Balaban J connectivity index is 1.15. The number of anilines is 1. The molecule has 0 spiro atoms. The highest BCUT2D eigenvalue weighted by atomic mass is 16.5. The lowest BCUT2D eigenvalue weighted by Crippen LogP contribution is -2.46. The Morgan fingerprint density at radius 1 is 0.973 bits per heavy atom. The van der Waals surface area contributed by atoms with Gasteiger partial charge in [-0.05, 0) is 43.5 Å². The molecule has 0 saturated carbocycles. The third-order valence-electron chi connectivity index (χ3n) is 6.95. The molecule has 1 saturated heterocycles. The first kappa shape index (κ1) is 26.7. The number of ether oxygens (including phenoxy) is 1. The van der Waals surface area contributed by atoms with E-state index in [2.05, 4.69) is 56.6 Å². The first-order valence-corrected chi connectivity index (χ1v) is 13.5. The number of para-hydroxylation sites is 2. The van der Waals surface area contributed by atoms with Crippen molar-refractivity contribution in [3.05, 3.63) is 71.5 Å². The van der Waals surface area contributed by atoms with Crippen molar-refractivity contribution in [3.8, 4) is 5.75 Å². The smallest absolute Gasteiger partial charge is 0.273 e. The predicted molar refractivity (Wildman–Crippen MR) is 147 cm³/mol. The van der Waals surface area contributed by atoms with Gasteiger partial charge in [0, 0.05) is 32.7 Å². The molecule has 3 aromatic rings. The maximum atomic E-state index is 12.8. The molecule has 0 unspecified atom stereocenters. The van der Waals surface area contributed by atoms with Crippen LogP contribution in [0.4, 0.5) is 5.69 Å². The highest BCUT2D eigenvalue weighted by Crippen LogP contribution is 2.28. The molecule has 8 heteroatoms. The van der Waals surface area contributed by atoms with Crippen LogP contribution in [-0.2, 0) is 13.0 Å². The third-order valence-corrected chi connectivity index (χ3v) is 6.95. The number of benzene rings is 2. The number of unbranched alkanes of at least 4 members (excludes halogenated alkanes) is 2. The van der Waals surface area contributed by atoms with Gasteiger partial charge in [-0.15, -0.1) is 5.10 Å². The summed E-state index contributed by atoms with van der Waals surface area (Å²) in [5.74, 6) is 0.828. The second-order valence-corrected chi connectivity index (χ2v) is 9.60. The number of hydrogen-bond acceptors (Lipinski definition) is 6. The van der Waals surface area contributed by atoms with Crippen molar-refractivity contribution < 1.29 is 9.53 Å². The maximum absolute atomic E-state index is 12.8. The van der Waals surface area contributed by atoms with Crippen LogP contribution in [-0.4, -0.2) is 72.2 Å². The quantitative estimate of drug-likeness (QED) is 0.355. The summed E-state index contributed by atoms with van der Waals surface area (Å²) in [4.78, 5) is 17.8. The van der Waals surface area contributed by atoms with Gasteiger partial charge in [-0.1, -0.05) is 67.4 Å². The second-order valence-electron chi connectivity index (χ2n) is 9.60. The third kappa shape index (κ3) is 7.32. The number of carbonyl (C=O) groups is 1. The molecule has 1 amide bonds. The zero-order valence-electron chi connectivity index (χ0n) is 22.2. The molecule has 2 heterocycles. The molecule has 2 aromatic carbocycles. The lowest BCUT2D eigenvalue weighted by molar-refractivity contribution is 0.0946. The lowest BCUT2D eigenvalue weighted by Gasteiger charge is -2.36. The molecule has 0 atom stereocenters. The van der Waals surface area contributed by atoms with Crippen molar-refractivity contribution in [2.45, 2.75) is 45.6 Å². The van der Waals surface area contributed by atoms with Gasteiger partial charge in [0.1, 0.15) is 5.75 Å². The Hall–Kier alpha value is -3.39. The molecule has 1 fully saturated rings. The van der Waals surface area contributed by atoms with Crippen LogP contribution in [0.3, 0.4) is 0 Å². The van der Waals surface area contributed by atoms with Gasteiger partial charge in [0.05, 0.1) is 25.0 Å². The highest BCUT2D eigenvalue weighted by molar-refractivity contribution is 5.93. The summed E-state index contributed by atoms with van der Waals surface area (Å²) in [6.07, 6.45) is 4.92. The van der Waals surface area contributed by atoms with E-state index in [9.17, 15) is 4.79 Å². The number of nitrogens with zero attached hydrogens (tertiary/aromatic N) is 5. The van der Waals surface area contributed by atoms with E-state index in [-0.39, 0.29) is 5.91 Å². The summed E-state index contributed by atoms with van der Waals surface area (Å²) >= 11 is 0. The Kier molecular flexibility index (Phi) is 9.94. The van der Waals surface area contributed by atoms with E-state index in [4.69, 9.17) is 4.74 Å². The Morgan fingerprint density at radius 2 is 1.73 bits per heavy atom. The van der Waals surface area contributed by atoms with Crippen LogP contribution in [0.15, 0.2) is 54.6 Å². The molecule has 1 N–H and O–H groups in total. The summed E-state index contributed by atoms with van der Waals surface area (Å²) in [6.45, 7) is 8.66. The van der Waals surface area contributed by atoms with Crippen molar-refractivity contribution in [3.63, 3.8) is 0 Å². The van der Waals surface area contributed by atoms with Crippen LogP contribution in [0.25, 0.3) is 0 Å². The van der Waals surface area contributed by atoms with Crippen molar-refractivity contribution in [1.29, 1.82) is 0 Å². The standard InChI is InChI=1S/C29H40N6O2/c1-3-12-26-28(31-32-35(26)23-24-13-6-4-7-14-24)29(36)30-17-10-5-11-18-33-19-21-34(22-20-33)25-15-8-9-16-27(25)37-2/h4,6-9,13-16H,3,5,10-12,17-23H2,1-2H3,(H,30,36). The molecule has 37 heavy (non-hydrogen) atoms. The topological polar surface area (TPSA) is 75.5 Å². The fourth-order valence-electron chi connectivity index (χ4n) is 4.90. The summed E-state index contributed by atoms with van der Waals surface area (Å²) < 4.78 is 7.39. The van der Waals surface area contributed by atoms with Crippen LogP contribution in [0.5, 0.6) is 5.75 Å². The average molecular weight is 505 g/mol. The maximum Gasteiger partial charge on any atom is 0.273 e. The fourth-order valence-corrected chi connectivity index (χ4v) is 4.90. The Morgan fingerprint density at radius 3 is 2.49 bits per heavy atom. The molecular formula is C29H40N6O2. The average Bonchev–Trinajstić information content (AvgIpc) is 3.33. The van der Waals surface area contributed by atoms with Gasteiger partial charge in [-0.25, -0.2) is 4.68 Å². The molecule has 198 valence electrons. The SMILES string of the molecule is CCCc1c(C(=O)NCCCCCN2CCN(c3ccccc3OC)CC2)nnn1Cc1ccccc1. The predicted octanol–water partition coefficient (Wildman–Crippen LogP) is 4.01. The zero-order chi connectivity index (χ0) is 25.9. The zero-order valence-corrected chi connectivity index (χ0v) is 22.2. The largest absolute Gasteiger partial charge is 0.495 e. The second kappa shape index (κ2) is 13.8. The first-order chi connectivity index (χ1) is 18.2. The molecular weight excluding hydrogens is 464 g/mol. The van der Waals surface area contributed by atoms with Crippen LogP contribution < -0.4 is 15.0 Å². The summed E-state index contributed by atoms with van der Waals surface area (Å²) in [5.41, 5.74) is 3.71. The van der Waals surface area contributed by atoms with E-state index in [1.54, 1.807) is 7.11 Å². The number of nitrogens with one attached hydrogen (secondary N) is 1. The molecule has 8 nitrogen and oxygen atoms in total. The van der Waals surface area contributed by atoms with Gasteiger partial charge in [0.15, 0.2) is 5.69 Å². The minimum atomic E-state index is -0.116. The molecule has 1 aliphatic heterocycles. The number of piperazine rings is 1. The van der Waals surface area contributed by atoms with E-state index in [0.717, 1.165) is 81.8 Å². The number of hydrogen-bond donors (Lipinski definition) is 1. The van der Waals surface area contributed by atoms with E-state index in [0.29, 0.717) is 18.8 Å². The lowest BCUT2D eigenvalue weighted by atomic mass is 10.1. The van der Waals surface area contributed by atoms with Gasteiger partial charge < -0.3 is 15.0 Å². The normalized spacial score (nSPS) is 14.1. The molecule has 1 aromatic heterocycles. The van der Waals surface area contributed by atoms with E-state index in [1.807, 2.05) is 35.0 Å². The fraction of sp³-hybridized carbons (Fsp3) is 0.483. The van der Waals surface area contributed by atoms with Gasteiger partial charge in [-0.2, -0.15) is 0 Å². The van der Waals surface area contributed by atoms with Crippen molar-refractivity contribution >= 4 is 11.6 Å². The summed E-state index contributed by atoms with van der Waals surface area (Å²) in [7, 11) is 1.73. The van der Waals surface area contributed by atoms with Crippen molar-refractivity contribution in [2.75, 3.05) is 51.3 Å². The highest BCUT2D eigenvalue weighted by Gasteiger charge is 2.20. The number of methoxy groups -OCH3 is 1. The number of amides is 1. The monoisotopic (exact) mass is 504 g/mol. The molecule has 0 bridgehead atoms. The molecule has 0 aliphatic carbocycles. The number of rotatable bonds is 13. The van der Waals surface area contributed by atoms with E-state index in [1.165, 1.54) is 5.69 Å². The van der Waals surface area contributed by atoms with E-state index < -0.39 is 0 Å². The van der Waals surface area contributed by atoms with Crippen LogP contribution in [0.1, 0.15) is 54.4 Å². The van der Waals surface area contributed by atoms with Crippen LogP contribution >= 0.6 is 0 Å².